The maximum atomic E-state index is 5.38. The average molecular weight is 377 g/mol. The first-order chi connectivity index (χ1) is 12.1. The molecule has 0 spiro atoms. The molecule has 0 aliphatic carbocycles. The number of nitrogens with zero attached hydrogens (tertiary/aromatic N) is 3. The van der Waals surface area contributed by atoms with Gasteiger partial charge in [0.25, 0.3) is 0 Å². The van der Waals surface area contributed by atoms with Crippen molar-refractivity contribution in [2.45, 2.75) is 26.6 Å². The van der Waals surface area contributed by atoms with Crippen LogP contribution < -0.4 is 5.32 Å². The lowest BCUT2D eigenvalue weighted by Gasteiger charge is -2.03. The first-order valence-electron chi connectivity index (χ1n) is 7.77. The summed E-state index contributed by atoms with van der Waals surface area (Å²) in [6.45, 7) is 4.44. The van der Waals surface area contributed by atoms with Gasteiger partial charge in [0, 0.05) is 25.8 Å². The highest BCUT2D eigenvalue weighted by molar-refractivity contribution is 7.17. The standard InChI is InChI=1S/C17H20N4O2S2/c1-10-5-6-14(18-7-10)21-17-20-13(9-24-17)15-12(8-22-3)19-16(25-15)11(2)23-4/h5-7,9,11H,8H2,1-4H3,(H,18,20,21). The molecule has 3 aromatic rings. The predicted octanol–water partition coefficient (Wildman–Crippen LogP) is 4.57. The van der Waals surface area contributed by atoms with Gasteiger partial charge in [-0.2, -0.15) is 0 Å². The Labute approximate surface area is 154 Å². The number of anilines is 2. The van der Waals surface area contributed by atoms with Crippen LogP contribution in [0.3, 0.4) is 0 Å². The molecule has 1 atom stereocenters. The average Bonchev–Trinajstić information content (AvgIpc) is 3.23. The molecule has 0 bridgehead atoms. The lowest BCUT2D eigenvalue weighted by molar-refractivity contribution is 0.118. The number of methoxy groups -OCH3 is 2. The minimum atomic E-state index is -0.0534. The molecular weight excluding hydrogens is 356 g/mol. The van der Waals surface area contributed by atoms with E-state index in [1.54, 1.807) is 25.6 Å². The van der Waals surface area contributed by atoms with E-state index in [0.29, 0.717) is 6.61 Å². The van der Waals surface area contributed by atoms with Gasteiger partial charge >= 0.3 is 0 Å². The van der Waals surface area contributed by atoms with E-state index < -0.39 is 0 Å². The van der Waals surface area contributed by atoms with E-state index in [-0.39, 0.29) is 6.10 Å². The van der Waals surface area contributed by atoms with Crippen LogP contribution in [0.2, 0.25) is 0 Å². The molecule has 3 rings (SSSR count). The Morgan fingerprint density at radius 1 is 1.24 bits per heavy atom. The van der Waals surface area contributed by atoms with Gasteiger partial charge in [0.05, 0.1) is 22.9 Å². The van der Waals surface area contributed by atoms with Crippen LogP contribution in [-0.4, -0.2) is 29.2 Å². The number of ether oxygens (including phenoxy) is 2. The molecule has 3 heterocycles. The second-order valence-corrected chi connectivity index (χ2v) is 7.41. The number of aromatic nitrogens is 3. The topological polar surface area (TPSA) is 69.2 Å². The fourth-order valence-electron chi connectivity index (χ4n) is 2.17. The molecule has 132 valence electrons. The molecule has 0 aliphatic rings. The second kappa shape index (κ2) is 8.01. The highest BCUT2D eigenvalue weighted by Gasteiger charge is 2.19. The molecule has 0 saturated heterocycles. The number of hydrogen-bond donors (Lipinski definition) is 1. The van der Waals surface area contributed by atoms with Gasteiger partial charge in [-0.15, -0.1) is 22.7 Å². The number of hydrogen-bond acceptors (Lipinski definition) is 8. The number of nitrogens with one attached hydrogen (secondary N) is 1. The van der Waals surface area contributed by atoms with Crippen molar-refractivity contribution in [1.29, 1.82) is 0 Å². The van der Waals surface area contributed by atoms with Crippen LogP contribution in [-0.2, 0) is 16.1 Å². The Morgan fingerprint density at radius 3 is 2.76 bits per heavy atom. The van der Waals surface area contributed by atoms with E-state index in [1.165, 1.54) is 11.3 Å². The fourth-order valence-corrected chi connectivity index (χ4v) is 4.01. The lowest BCUT2D eigenvalue weighted by atomic mass is 10.3. The van der Waals surface area contributed by atoms with Crippen LogP contribution in [0.25, 0.3) is 10.6 Å². The summed E-state index contributed by atoms with van der Waals surface area (Å²) in [5.41, 5.74) is 2.90. The normalized spacial score (nSPS) is 12.3. The molecule has 1 N–H and O–H groups in total. The molecule has 0 radical (unpaired) electrons. The van der Waals surface area contributed by atoms with Crippen molar-refractivity contribution < 1.29 is 9.47 Å². The SMILES string of the molecule is COCc1nc(C(C)OC)sc1-c1csc(Nc2ccc(C)cn2)n1. The van der Waals surface area contributed by atoms with Crippen molar-refractivity contribution in [1.82, 2.24) is 15.0 Å². The van der Waals surface area contributed by atoms with Gasteiger partial charge < -0.3 is 14.8 Å². The Hall–Kier alpha value is -1.87. The molecular formula is C17H20N4O2S2. The number of thiazole rings is 2. The lowest BCUT2D eigenvalue weighted by Crippen LogP contribution is -1.96. The van der Waals surface area contributed by atoms with Gasteiger partial charge in [-0.1, -0.05) is 6.07 Å². The zero-order valence-corrected chi connectivity index (χ0v) is 16.2. The van der Waals surface area contributed by atoms with Gasteiger partial charge in [-0.3, -0.25) is 0 Å². The Balaban J connectivity index is 1.85. The summed E-state index contributed by atoms with van der Waals surface area (Å²) in [5, 5.41) is 6.98. The summed E-state index contributed by atoms with van der Waals surface area (Å²) in [6.07, 6.45) is 1.78. The van der Waals surface area contributed by atoms with Gasteiger partial charge in [-0.05, 0) is 25.5 Å². The van der Waals surface area contributed by atoms with E-state index in [0.717, 1.165) is 37.8 Å². The third-order valence-electron chi connectivity index (χ3n) is 3.58. The summed E-state index contributed by atoms with van der Waals surface area (Å²) >= 11 is 3.13. The minimum absolute atomic E-state index is 0.0534. The smallest absolute Gasteiger partial charge is 0.188 e. The van der Waals surface area contributed by atoms with Gasteiger partial charge in [-0.25, -0.2) is 15.0 Å². The molecule has 0 aromatic carbocycles. The third-order valence-corrected chi connectivity index (χ3v) is 5.62. The molecule has 0 saturated carbocycles. The predicted molar refractivity (Wildman–Crippen MR) is 102 cm³/mol. The first-order valence-corrected chi connectivity index (χ1v) is 9.47. The van der Waals surface area contributed by atoms with E-state index in [2.05, 4.69) is 20.3 Å². The van der Waals surface area contributed by atoms with Crippen LogP contribution in [0.15, 0.2) is 23.7 Å². The van der Waals surface area contributed by atoms with E-state index >= 15 is 0 Å². The van der Waals surface area contributed by atoms with Crippen LogP contribution in [0.1, 0.15) is 29.3 Å². The van der Waals surface area contributed by atoms with Gasteiger partial charge in [0.1, 0.15) is 16.9 Å². The van der Waals surface area contributed by atoms with Crippen molar-refractivity contribution in [3.63, 3.8) is 0 Å². The van der Waals surface area contributed by atoms with Crippen LogP contribution in [0, 0.1) is 6.92 Å². The highest BCUT2D eigenvalue weighted by Crippen LogP contribution is 2.36. The van der Waals surface area contributed by atoms with Crippen LogP contribution >= 0.6 is 22.7 Å². The van der Waals surface area contributed by atoms with Crippen molar-refractivity contribution in [3.8, 4) is 10.6 Å². The Morgan fingerprint density at radius 2 is 2.08 bits per heavy atom. The van der Waals surface area contributed by atoms with Crippen LogP contribution in [0.4, 0.5) is 10.9 Å². The third kappa shape index (κ3) is 4.21. The summed E-state index contributed by atoms with van der Waals surface area (Å²) in [6, 6.07) is 3.96. The molecule has 0 fully saturated rings. The summed E-state index contributed by atoms with van der Waals surface area (Å²) in [4.78, 5) is 14.7. The minimum Gasteiger partial charge on any atom is -0.378 e. The largest absolute Gasteiger partial charge is 0.378 e. The fraction of sp³-hybridized carbons (Fsp3) is 0.353. The summed E-state index contributed by atoms with van der Waals surface area (Å²) in [5.74, 6) is 0.779. The molecule has 8 heteroatoms. The molecule has 1 unspecified atom stereocenters. The second-order valence-electron chi connectivity index (χ2n) is 5.52. The zero-order chi connectivity index (χ0) is 17.8. The molecule has 3 aromatic heterocycles. The summed E-state index contributed by atoms with van der Waals surface area (Å²) < 4.78 is 10.7. The Bertz CT molecular complexity index is 830. The molecule has 6 nitrogen and oxygen atoms in total. The quantitative estimate of drug-likeness (QED) is 0.651. The maximum absolute atomic E-state index is 5.38. The zero-order valence-electron chi connectivity index (χ0n) is 14.6. The van der Waals surface area contributed by atoms with Crippen molar-refractivity contribution in [3.05, 3.63) is 40.0 Å². The molecule has 0 aliphatic heterocycles. The van der Waals surface area contributed by atoms with Gasteiger partial charge in [0.15, 0.2) is 5.13 Å². The highest BCUT2D eigenvalue weighted by atomic mass is 32.1. The maximum Gasteiger partial charge on any atom is 0.188 e. The number of aryl methyl sites for hydroxylation is 1. The monoisotopic (exact) mass is 376 g/mol. The van der Waals surface area contributed by atoms with Gasteiger partial charge in [0.2, 0.25) is 0 Å². The summed E-state index contributed by atoms with van der Waals surface area (Å²) in [7, 11) is 3.35. The molecule has 25 heavy (non-hydrogen) atoms. The number of pyridine rings is 1. The van der Waals surface area contributed by atoms with E-state index in [4.69, 9.17) is 9.47 Å². The van der Waals surface area contributed by atoms with Crippen molar-refractivity contribution in [2.75, 3.05) is 19.5 Å². The van der Waals surface area contributed by atoms with Crippen molar-refractivity contribution in [2.24, 2.45) is 0 Å². The van der Waals surface area contributed by atoms with E-state index in [1.807, 2.05) is 37.6 Å². The Kier molecular flexibility index (Phi) is 5.74. The van der Waals surface area contributed by atoms with Crippen LogP contribution in [0.5, 0.6) is 0 Å². The van der Waals surface area contributed by atoms with Crippen molar-refractivity contribution >= 4 is 33.6 Å². The first kappa shape index (κ1) is 17.9. The van der Waals surface area contributed by atoms with E-state index in [9.17, 15) is 0 Å². The number of rotatable bonds is 7. The molecule has 0 amide bonds.